The number of aliphatic hydroxyl groups is 3. The van der Waals surface area contributed by atoms with Crippen molar-refractivity contribution in [3.05, 3.63) is 0 Å². The summed E-state index contributed by atoms with van der Waals surface area (Å²) in [6, 6.07) is 0. The maximum absolute atomic E-state index is 8.50. The summed E-state index contributed by atoms with van der Waals surface area (Å²) >= 11 is 0. The summed E-state index contributed by atoms with van der Waals surface area (Å²) < 4.78 is 4.25. The van der Waals surface area contributed by atoms with Crippen LogP contribution in [0.25, 0.3) is 0 Å². The van der Waals surface area contributed by atoms with Gasteiger partial charge in [-0.05, 0) is 0 Å². The molecule has 0 saturated heterocycles. The molecule has 0 aliphatic rings. The molecule has 8 heavy (non-hydrogen) atoms. The molecule has 0 amide bonds. The Morgan fingerprint density at radius 1 is 1.50 bits per heavy atom. The minimum Gasteiger partial charge on any atom is -0.393 e. The zero-order valence-electron chi connectivity index (χ0n) is 4.61. The fourth-order valence-electron chi connectivity index (χ4n) is 0.247. The lowest BCUT2D eigenvalue weighted by atomic mass is 10.4. The van der Waals surface area contributed by atoms with Gasteiger partial charge in [-0.3, -0.25) is 0 Å². The molecular weight excluding hydrogens is 112 g/mol. The molecular formula is C4H10O4. The van der Waals surface area contributed by atoms with Crippen molar-refractivity contribution in [1.29, 1.82) is 0 Å². The molecule has 0 heterocycles. The first-order chi connectivity index (χ1) is 3.72. The van der Waals surface area contributed by atoms with Crippen molar-refractivity contribution in [2.45, 2.75) is 12.4 Å². The molecule has 0 aliphatic carbocycles. The van der Waals surface area contributed by atoms with Crippen LogP contribution in [-0.4, -0.2) is 41.4 Å². The van der Waals surface area contributed by atoms with Crippen LogP contribution in [0.4, 0.5) is 0 Å². The summed E-state index contributed by atoms with van der Waals surface area (Å²) in [6.07, 6.45) is -2.47. The van der Waals surface area contributed by atoms with Crippen molar-refractivity contribution in [1.82, 2.24) is 0 Å². The van der Waals surface area contributed by atoms with Crippen LogP contribution in [0.5, 0.6) is 0 Å². The smallest absolute Gasteiger partial charge is 0.182 e. The standard InChI is InChI=1S/C4H10O4/c1-8-4(7)3(6)2-5/h3-7H,2H2,1H3. The van der Waals surface area contributed by atoms with Crippen LogP contribution >= 0.6 is 0 Å². The van der Waals surface area contributed by atoms with Crippen molar-refractivity contribution in [2.24, 2.45) is 0 Å². The van der Waals surface area contributed by atoms with Gasteiger partial charge in [0.05, 0.1) is 6.61 Å². The Kier molecular flexibility index (Phi) is 3.72. The van der Waals surface area contributed by atoms with Crippen molar-refractivity contribution < 1.29 is 20.1 Å². The maximum Gasteiger partial charge on any atom is 0.182 e. The van der Waals surface area contributed by atoms with Crippen LogP contribution in [0.3, 0.4) is 0 Å². The molecule has 0 aromatic heterocycles. The molecule has 3 N–H and O–H groups in total. The summed E-state index contributed by atoms with van der Waals surface area (Å²) in [5.74, 6) is 0. The fraction of sp³-hybridized carbons (Fsp3) is 1.00. The largest absolute Gasteiger partial charge is 0.393 e. The molecule has 0 aromatic rings. The van der Waals surface area contributed by atoms with Gasteiger partial charge in [0.2, 0.25) is 0 Å². The molecule has 0 radical (unpaired) electrons. The van der Waals surface area contributed by atoms with Crippen molar-refractivity contribution in [3.8, 4) is 0 Å². The van der Waals surface area contributed by atoms with Crippen LogP contribution < -0.4 is 0 Å². The Labute approximate surface area is 47.3 Å². The van der Waals surface area contributed by atoms with E-state index >= 15 is 0 Å². The van der Waals surface area contributed by atoms with Crippen LogP contribution in [0.1, 0.15) is 0 Å². The maximum atomic E-state index is 8.50. The van der Waals surface area contributed by atoms with Gasteiger partial charge in [-0.15, -0.1) is 0 Å². The minimum atomic E-state index is -1.28. The molecule has 4 heteroatoms. The highest BCUT2D eigenvalue weighted by Gasteiger charge is 2.12. The zero-order valence-corrected chi connectivity index (χ0v) is 4.61. The Bertz CT molecular complexity index is 48.0. The highest BCUT2D eigenvalue weighted by atomic mass is 16.6. The molecule has 0 fully saturated rings. The predicted octanol–water partition coefficient (Wildman–Crippen LogP) is -1.70. The Morgan fingerprint density at radius 3 is 2.12 bits per heavy atom. The van der Waals surface area contributed by atoms with Crippen LogP contribution in [0.2, 0.25) is 0 Å². The minimum absolute atomic E-state index is 0.491. The van der Waals surface area contributed by atoms with E-state index in [1.165, 1.54) is 7.11 Å². The van der Waals surface area contributed by atoms with Crippen LogP contribution in [0, 0.1) is 0 Å². The average Bonchev–Trinajstić information content (AvgIpc) is 1.84. The molecule has 0 aliphatic heterocycles. The monoisotopic (exact) mass is 122 g/mol. The third kappa shape index (κ3) is 2.23. The first-order valence-electron chi connectivity index (χ1n) is 2.22. The van der Waals surface area contributed by atoms with Crippen molar-refractivity contribution in [2.75, 3.05) is 13.7 Å². The van der Waals surface area contributed by atoms with E-state index in [2.05, 4.69) is 4.74 Å². The molecule has 2 unspecified atom stereocenters. The number of methoxy groups -OCH3 is 1. The van der Waals surface area contributed by atoms with Gasteiger partial charge in [0.15, 0.2) is 6.29 Å². The second-order valence-corrected chi connectivity index (χ2v) is 1.38. The third-order valence-corrected chi connectivity index (χ3v) is 0.758. The average molecular weight is 122 g/mol. The van der Waals surface area contributed by atoms with Gasteiger partial charge in [-0.2, -0.15) is 0 Å². The molecule has 0 rings (SSSR count). The number of hydrogen-bond donors (Lipinski definition) is 3. The first-order valence-corrected chi connectivity index (χ1v) is 2.22. The van der Waals surface area contributed by atoms with E-state index in [9.17, 15) is 0 Å². The lowest BCUT2D eigenvalue weighted by Crippen LogP contribution is -2.30. The summed E-state index contributed by atoms with van der Waals surface area (Å²) in [5, 5.41) is 25.1. The second-order valence-electron chi connectivity index (χ2n) is 1.38. The highest BCUT2D eigenvalue weighted by molar-refractivity contribution is 4.52. The lowest BCUT2D eigenvalue weighted by molar-refractivity contribution is -0.154. The number of rotatable bonds is 3. The van der Waals surface area contributed by atoms with Gasteiger partial charge in [0, 0.05) is 7.11 Å². The topological polar surface area (TPSA) is 69.9 Å². The molecule has 2 atom stereocenters. The summed E-state index contributed by atoms with van der Waals surface area (Å²) in [4.78, 5) is 0. The van der Waals surface area contributed by atoms with Crippen molar-refractivity contribution in [3.63, 3.8) is 0 Å². The van der Waals surface area contributed by atoms with E-state index in [1.54, 1.807) is 0 Å². The Hall–Kier alpha value is -0.160. The van der Waals surface area contributed by atoms with Crippen LogP contribution in [-0.2, 0) is 4.74 Å². The highest BCUT2D eigenvalue weighted by Crippen LogP contribution is 1.90. The molecule has 0 aromatic carbocycles. The number of aliphatic hydroxyl groups excluding tert-OH is 3. The lowest BCUT2D eigenvalue weighted by Gasteiger charge is -2.12. The molecule has 0 saturated carbocycles. The quantitative estimate of drug-likeness (QED) is 0.390. The Balaban J connectivity index is 3.29. The summed E-state index contributed by atoms with van der Waals surface area (Å²) in [6.45, 7) is -0.491. The summed E-state index contributed by atoms with van der Waals surface area (Å²) in [5.41, 5.74) is 0. The van der Waals surface area contributed by atoms with Gasteiger partial charge in [-0.1, -0.05) is 0 Å². The van der Waals surface area contributed by atoms with Crippen molar-refractivity contribution >= 4 is 0 Å². The van der Waals surface area contributed by atoms with E-state index in [-0.39, 0.29) is 0 Å². The van der Waals surface area contributed by atoms with E-state index in [4.69, 9.17) is 15.3 Å². The van der Waals surface area contributed by atoms with E-state index in [0.717, 1.165) is 0 Å². The molecule has 0 bridgehead atoms. The van der Waals surface area contributed by atoms with Crippen LogP contribution in [0.15, 0.2) is 0 Å². The predicted molar refractivity (Wildman–Crippen MR) is 26.1 cm³/mol. The molecule has 4 nitrogen and oxygen atoms in total. The van der Waals surface area contributed by atoms with Gasteiger partial charge < -0.3 is 20.1 Å². The normalized spacial score (nSPS) is 18.0. The number of ether oxygens (including phenoxy) is 1. The summed E-state index contributed by atoms with van der Waals surface area (Å²) in [7, 11) is 1.24. The van der Waals surface area contributed by atoms with Gasteiger partial charge in [0.25, 0.3) is 0 Å². The molecule has 50 valence electrons. The van der Waals surface area contributed by atoms with Gasteiger partial charge >= 0.3 is 0 Å². The zero-order chi connectivity index (χ0) is 6.57. The van der Waals surface area contributed by atoms with E-state index in [0.29, 0.717) is 0 Å². The SMILES string of the molecule is COC(O)C(O)CO. The van der Waals surface area contributed by atoms with Gasteiger partial charge in [0.1, 0.15) is 6.10 Å². The second kappa shape index (κ2) is 3.80. The van der Waals surface area contributed by atoms with E-state index < -0.39 is 19.0 Å². The first kappa shape index (κ1) is 7.84. The fourth-order valence-corrected chi connectivity index (χ4v) is 0.247. The van der Waals surface area contributed by atoms with Gasteiger partial charge in [-0.25, -0.2) is 0 Å². The third-order valence-electron chi connectivity index (χ3n) is 0.758. The van der Waals surface area contributed by atoms with E-state index in [1.807, 2.05) is 0 Å². The Morgan fingerprint density at radius 2 is 2.00 bits per heavy atom. The number of hydrogen-bond acceptors (Lipinski definition) is 4. The molecule has 0 spiro atoms.